The first kappa shape index (κ1) is 17.2. The van der Waals surface area contributed by atoms with Crippen LogP contribution in [-0.2, 0) is 0 Å². The fraction of sp³-hybridized carbons (Fsp3) is 0.294. The molecule has 25 heavy (non-hydrogen) atoms. The summed E-state index contributed by atoms with van der Waals surface area (Å²) in [7, 11) is 0. The van der Waals surface area contributed by atoms with Gasteiger partial charge in [0.25, 0.3) is 0 Å². The standard InChI is InChI=1S/C17H21N7S/c1-14(15-6-2-4-8-18-15)20-21-17(25)22-24-12-10-23(11-13-24)16-7-3-5-9-19-16/h2-9H,10-13H2,1H3,(H2,21,22,25). The third kappa shape index (κ3) is 4.94. The molecule has 2 aromatic heterocycles. The summed E-state index contributed by atoms with van der Waals surface area (Å²) < 4.78 is 0. The van der Waals surface area contributed by atoms with Gasteiger partial charge >= 0.3 is 0 Å². The summed E-state index contributed by atoms with van der Waals surface area (Å²) in [5.41, 5.74) is 7.65. The van der Waals surface area contributed by atoms with Crippen LogP contribution >= 0.6 is 12.2 Å². The van der Waals surface area contributed by atoms with Gasteiger partial charge in [-0.05, 0) is 43.4 Å². The van der Waals surface area contributed by atoms with Crippen molar-refractivity contribution < 1.29 is 0 Å². The number of rotatable bonds is 4. The van der Waals surface area contributed by atoms with Crippen molar-refractivity contribution in [2.75, 3.05) is 31.1 Å². The molecule has 2 aromatic rings. The highest BCUT2D eigenvalue weighted by Gasteiger charge is 2.18. The first-order valence-electron chi connectivity index (χ1n) is 8.15. The molecule has 0 amide bonds. The van der Waals surface area contributed by atoms with Crippen molar-refractivity contribution in [3.63, 3.8) is 0 Å². The smallest absolute Gasteiger partial charge is 0.201 e. The van der Waals surface area contributed by atoms with Crippen molar-refractivity contribution in [3.05, 3.63) is 54.5 Å². The average Bonchev–Trinajstić information content (AvgIpc) is 2.68. The Hall–Kier alpha value is -2.58. The number of thiocarbonyl (C=S) groups is 1. The molecule has 7 nitrogen and oxygen atoms in total. The summed E-state index contributed by atoms with van der Waals surface area (Å²) in [5.74, 6) is 1.01. The second-order valence-corrected chi connectivity index (χ2v) is 6.04. The first-order valence-corrected chi connectivity index (χ1v) is 8.56. The molecule has 1 aliphatic rings. The van der Waals surface area contributed by atoms with E-state index in [4.69, 9.17) is 12.2 Å². The van der Waals surface area contributed by atoms with Gasteiger partial charge in [-0.25, -0.2) is 9.99 Å². The summed E-state index contributed by atoms with van der Waals surface area (Å²) in [4.78, 5) is 10.9. The molecule has 1 saturated heterocycles. The van der Waals surface area contributed by atoms with Crippen LogP contribution in [0.15, 0.2) is 53.9 Å². The molecule has 1 fully saturated rings. The maximum atomic E-state index is 5.31. The zero-order valence-electron chi connectivity index (χ0n) is 14.1. The summed E-state index contributed by atoms with van der Waals surface area (Å²) >= 11 is 5.31. The Kier molecular flexibility index (Phi) is 5.86. The van der Waals surface area contributed by atoms with Gasteiger partial charge in [0.1, 0.15) is 5.82 Å². The second-order valence-electron chi connectivity index (χ2n) is 5.63. The topological polar surface area (TPSA) is 68.7 Å². The van der Waals surface area contributed by atoms with Crippen molar-refractivity contribution >= 4 is 28.9 Å². The van der Waals surface area contributed by atoms with Gasteiger partial charge in [-0.2, -0.15) is 5.10 Å². The predicted octanol–water partition coefficient (Wildman–Crippen LogP) is 1.40. The second kappa shape index (κ2) is 8.50. The van der Waals surface area contributed by atoms with E-state index >= 15 is 0 Å². The van der Waals surface area contributed by atoms with E-state index < -0.39 is 0 Å². The molecule has 2 N–H and O–H groups in total. The van der Waals surface area contributed by atoms with Crippen LogP contribution in [0.5, 0.6) is 0 Å². The molecule has 0 aromatic carbocycles. The zero-order chi connectivity index (χ0) is 17.5. The molecule has 0 atom stereocenters. The van der Waals surface area contributed by atoms with Crippen LogP contribution in [0.4, 0.5) is 5.82 Å². The van der Waals surface area contributed by atoms with Crippen molar-refractivity contribution in [2.24, 2.45) is 5.10 Å². The van der Waals surface area contributed by atoms with Gasteiger partial charge < -0.3 is 4.90 Å². The lowest BCUT2D eigenvalue weighted by molar-refractivity contribution is 0.220. The van der Waals surface area contributed by atoms with E-state index in [9.17, 15) is 0 Å². The minimum atomic E-state index is 0.474. The van der Waals surface area contributed by atoms with E-state index in [0.29, 0.717) is 5.11 Å². The van der Waals surface area contributed by atoms with E-state index in [2.05, 4.69) is 35.8 Å². The molecule has 0 aliphatic carbocycles. The van der Waals surface area contributed by atoms with Crippen LogP contribution in [0.3, 0.4) is 0 Å². The van der Waals surface area contributed by atoms with Crippen molar-refractivity contribution in [1.82, 2.24) is 25.8 Å². The van der Waals surface area contributed by atoms with Gasteiger partial charge in [0.2, 0.25) is 5.11 Å². The van der Waals surface area contributed by atoms with Crippen LogP contribution in [-0.4, -0.2) is 52.0 Å². The molecular formula is C17H21N7S. The number of hydrogen-bond donors (Lipinski definition) is 2. The van der Waals surface area contributed by atoms with Gasteiger partial charge in [-0.15, -0.1) is 0 Å². The molecule has 130 valence electrons. The molecule has 0 spiro atoms. The van der Waals surface area contributed by atoms with Crippen LogP contribution in [0.2, 0.25) is 0 Å². The number of hydrazone groups is 1. The average molecular weight is 355 g/mol. The van der Waals surface area contributed by atoms with Crippen LogP contribution in [0, 0.1) is 0 Å². The summed E-state index contributed by atoms with van der Waals surface area (Å²) in [5, 5.41) is 6.83. The van der Waals surface area contributed by atoms with Crippen LogP contribution in [0.25, 0.3) is 0 Å². The Morgan fingerprint density at radius 1 is 1.04 bits per heavy atom. The lowest BCUT2D eigenvalue weighted by Crippen LogP contribution is -2.55. The maximum absolute atomic E-state index is 5.31. The Morgan fingerprint density at radius 2 is 1.76 bits per heavy atom. The molecular weight excluding hydrogens is 334 g/mol. The molecule has 0 unspecified atom stereocenters. The fourth-order valence-electron chi connectivity index (χ4n) is 2.53. The summed E-state index contributed by atoms with van der Waals surface area (Å²) in [6.07, 6.45) is 3.56. The highest BCUT2D eigenvalue weighted by Crippen LogP contribution is 2.11. The number of hydrogen-bond acceptors (Lipinski definition) is 6. The number of pyridine rings is 2. The monoisotopic (exact) mass is 355 g/mol. The Labute approximate surface area is 152 Å². The van der Waals surface area contributed by atoms with Gasteiger partial charge in [0.05, 0.1) is 11.4 Å². The highest BCUT2D eigenvalue weighted by molar-refractivity contribution is 7.80. The van der Waals surface area contributed by atoms with Crippen molar-refractivity contribution in [3.8, 4) is 0 Å². The molecule has 0 saturated carbocycles. The van der Waals surface area contributed by atoms with Gasteiger partial charge in [0, 0.05) is 38.6 Å². The van der Waals surface area contributed by atoms with Crippen LogP contribution in [0.1, 0.15) is 12.6 Å². The summed E-state index contributed by atoms with van der Waals surface area (Å²) in [6, 6.07) is 11.7. The molecule has 0 radical (unpaired) electrons. The fourth-order valence-corrected chi connectivity index (χ4v) is 2.70. The molecule has 3 heterocycles. The van der Waals surface area contributed by atoms with E-state index in [0.717, 1.165) is 43.4 Å². The predicted molar refractivity (Wildman–Crippen MR) is 103 cm³/mol. The minimum Gasteiger partial charge on any atom is -0.354 e. The SMILES string of the molecule is CC(=NNC(=S)NN1CCN(c2ccccn2)CC1)c1ccccn1. The van der Waals surface area contributed by atoms with Crippen LogP contribution < -0.4 is 15.8 Å². The largest absolute Gasteiger partial charge is 0.354 e. The van der Waals surface area contributed by atoms with E-state index in [1.165, 1.54) is 0 Å². The zero-order valence-corrected chi connectivity index (χ0v) is 14.9. The van der Waals surface area contributed by atoms with Crippen molar-refractivity contribution in [2.45, 2.75) is 6.92 Å². The first-order chi connectivity index (χ1) is 12.2. The lowest BCUT2D eigenvalue weighted by atomic mass is 10.3. The number of anilines is 1. The minimum absolute atomic E-state index is 0.474. The van der Waals surface area contributed by atoms with Gasteiger partial charge in [-0.1, -0.05) is 12.1 Å². The van der Waals surface area contributed by atoms with Gasteiger partial charge in [-0.3, -0.25) is 15.8 Å². The number of piperazine rings is 1. The molecule has 0 bridgehead atoms. The Bertz CT molecular complexity index is 712. The highest BCUT2D eigenvalue weighted by atomic mass is 32.1. The van der Waals surface area contributed by atoms with Gasteiger partial charge in [0.15, 0.2) is 0 Å². The maximum Gasteiger partial charge on any atom is 0.201 e. The molecule has 3 rings (SSSR count). The van der Waals surface area contributed by atoms with E-state index in [1.54, 1.807) is 6.20 Å². The molecule has 8 heteroatoms. The quantitative estimate of drug-likeness (QED) is 0.488. The third-order valence-corrected chi connectivity index (χ3v) is 4.06. The number of hydrazine groups is 1. The number of aromatic nitrogens is 2. The number of nitrogens with one attached hydrogen (secondary N) is 2. The Balaban J connectivity index is 1.45. The van der Waals surface area contributed by atoms with E-state index in [-0.39, 0.29) is 0 Å². The number of nitrogens with zero attached hydrogens (tertiary/aromatic N) is 5. The lowest BCUT2D eigenvalue weighted by Gasteiger charge is -2.35. The normalized spacial score (nSPS) is 15.7. The summed E-state index contributed by atoms with van der Waals surface area (Å²) in [6.45, 7) is 5.37. The van der Waals surface area contributed by atoms with E-state index in [1.807, 2.05) is 49.5 Å². The third-order valence-electron chi connectivity index (χ3n) is 3.87. The molecule has 1 aliphatic heterocycles. The Morgan fingerprint density at radius 3 is 2.40 bits per heavy atom. The van der Waals surface area contributed by atoms with Crippen molar-refractivity contribution in [1.29, 1.82) is 0 Å².